The smallest absolute Gasteiger partial charge is 0.157 e. The lowest BCUT2D eigenvalue weighted by Crippen LogP contribution is -2.13. The molecule has 0 unspecified atom stereocenters. The van der Waals surface area contributed by atoms with Crippen molar-refractivity contribution in [3.8, 4) is 6.07 Å². The number of pyridine rings is 1. The molecule has 0 radical (unpaired) electrons. The molecule has 3 aromatic heterocycles. The molecule has 3 heterocycles. The number of benzene rings is 1. The first-order chi connectivity index (χ1) is 11.8. The second-order valence-corrected chi connectivity index (χ2v) is 5.54. The van der Waals surface area contributed by atoms with E-state index in [-0.39, 0.29) is 0 Å². The lowest BCUT2D eigenvalue weighted by atomic mass is 10.1. The molecule has 0 fully saturated rings. The number of nitrogens with zero attached hydrogens (tertiary/aromatic N) is 6. The SMILES string of the molecule is Cc1cc(NCCn2cncn2)n2c(nc3ccccc32)c1C#N. The van der Waals surface area contributed by atoms with Crippen LogP contribution in [0.1, 0.15) is 11.1 Å². The van der Waals surface area contributed by atoms with E-state index in [1.165, 1.54) is 6.33 Å². The Balaban J connectivity index is 1.80. The van der Waals surface area contributed by atoms with Crippen LogP contribution in [0.25, 0.3) is 16.7 Å². The third kappa shape index (κ3) is 2.25. The van der Waals surface area contributed by atoms with Crippen molar-refractivity contribution in [2.75, 3.05) is 11.9 Å². The van der Waals surface area contributed by atoms with Crippen molar-refractivity contribution in [1.82, 2.24) is 24.1 Å². The van der Waals surface area contributed by atoms with Crippen molar-refractivity contribution in [2.45, 2.75) is 13.5 Å². The quantitative estimate of drug-likeness (QED) is 0.624. The number of imidazole rings is 1. The first kappa shape index (κ1) is 14.2. The number of rotatable bonds is 4. The maximum atomic E-state index is 9.49. The first-order valence-electron chi connectivity index (χ1n) is 7.65. The lowest BCUT2D eigenvalue weighted by molar-refractivity contribution is 0.635. The maximum Gasteiger partial charge on any atom is 0.157 e. The van der Waals surface area contributed by atoms with Crippen LogP contribution in [0.4, 0.5) is 5.82 Å². The van der Waals surface area contributed by atoms with Gasteiger partial charge < -0.3 is 5.32 Å². The zero-order valence-electron chi connectivity index (χ0n) is 13.1. The zero-order valence-corrected chi connectivity index (χ0v) is 13.1. The highest BCUT2D eigenvalue weighted by Crippen LogP contribution is 2.26. The molecule has 0 amide bonds. The summed E-state index contributed by atoms with van der Waals surface area (Å²) in [5.41, 5.74) is 4.05. The van der Waals surface area contributed by atoms with Crippen LogP contribution in [0.3, 0.4) is 0 Å². The fraction of sp³-hybridized carbons (Fsp3) is 0.176. The molecule has 118 valence electrons. The molecular weight excluding hydrogens is 302 g/mol. The Labute approximate surface area is 138 Å². The summed E-state index contributed by atoms with van der Waals surface area (Å²) in [5, 5.41) is 17.0. The second kappa shape index (κ2) is 5.66. The van der Waals surface area contributed by atoms with Crippen LogP contribution >= 0.6 is 0 Å². The number of aromatic nitrogens is 5. The van der Waals surface area contributed by atoms with Crippen LogP contribution in [-0.2, 0) is 6.54 Å². The van der Waals surface area contributed by atoms with Crippen LogP contribution in [0.15, 0.2) is 43.0 Å². The molecule has 7 nitrogen and oxygen atoms in total. The van der Waals surface area contributed by atoms with Crippen LogP contribution in [0.2, 0.25) is 0 Å². The summed E-state index contributed by atoms with van der Waals surface area (Å²) < 4.78 is 3.77. The van der Waals surface area contributed by atoms with Crippen LogP contribution in [0.5, 0.6) is 0 Å². The standard InChI is InChI=1S/C17H15N7/c1-12-8-16(20-6-7-23-11-19-10-21-23)24-15-5-3-2-4-14(15)22-17(24)13(12)9-18/h2-5,8,10-11,20H,6-7H2,1H3. The van der Waals surface area contributed by atoms with Crippen molar-refractivity contribution >= 4 is 22.5 Å². The second-order valence-electron chi connectivity index (χ2n) is 5.54. The van der Waals surface area contributed by atoms with Gasteiger partial charge in [-0.3, -0.25) is 9.08 Å². The van der Waals surface area contributed by atoms with Crippen molar-refractivity contribution in [1.29, 1.82) is 5.26 Å². The van der Waals surface area contributed by atoms with Gasteiger partial charge in [0.05, 0.1) is 23.1 Å². The highest BCUT2D eigenvalue weighted by Gasteiger charge is 2.14. The molecule has 0 aliphatic heterocycles. The molecule has 0 aliphatic rings. The minimum Gasteiger partial charge on any atom is -0.369 e. The summed E-state index contributed by atoms with van der Waals surface area (Å²) in [6.45, 7) is 3.32. The predicted molar refractivity (Wildman–Crippen MR) is 90.7 cm³/mol. The molecule has 0 saturated heterocycles. The minimum atomic E-state index is 0.605. The number of aryl methyl sites for hydroxylation is 1. The van der Waals surface area contributed by atoms with Gasteiger partial charge in [0, 0.05) is 6.54 Å². The number of anilines is 1. The van der Waals surface area contributed by atoms with Crippen molar-refractivity contribution in [2.24, 2.45) is 0 Å². The Morgan fingerprint density at radius 1 is 1.29 bits per heavy atom. The average molecular weight is 317 g/mol. The summed E-state index contributed by atoms with van der Waals surface area (Å²) in [6.07, 6.45) is 3.21. The van der Waals surface area contributed by atoms with Gasteiger partial charge in [0.15, 0.2) is 5.65 Å². The number of hydrogen-bond donors (Lipinski definition) is 1. The Hall–Kier alpha value is -3.40. The summed E-state index contributed by atoms with van der Waals surface area (Å²) in [7, 11) is 0. The normalized spacial score (nSPS) is 11.0. The number of nitrogens with one attached hydrogen (secondary N) is 1. The lowest BCUT2D eigenvalue weighted by Gasteiger charge is -2.12. The fourth-order valence-electron chi connectivity index (χ4n) is 2.87. The average Bonchev–Trinajstić information content (AvgIpc) is 3.22. The van der Waals surface area contributed by atoms with Gasteiger partial charge in [-0.2, -0.15) is 10.4 Å². The van der Waals surface area contributed by atoms with Gasteiger partial charge in [-0.15, -0.1) is 0 Å². The van der Waals surface area contributed by atoms with E-state index >= 15 is 0 Å². The zero-order chi connectivity index (χ0) is 16.5. The molecule has 1 aromatic carbocycles. The Morgan fingerprint density at radius 2 is 2.17 bits per heavy atom. The van der Waals surface area contributed by atoms with E-state index in [9.17, 15) is 5.26 Å². The topological polar surface area (TPSA) is 83.8 Å². The Morgan fingerprint density at radius 3 is 2.96 bits per heavy atom. The van der Waals surface area contributed by atoms with E-state index in [1.54, 1.807) is 11.0 Å². The largest absolute Gasteiger partial charge is 0.369 e. The molecule has 4 aromatic rings. The molecule has 0 bridgehead atoms. The van der Waals surface area contributed by atoms with E-state index in [2.05, 4.69) is 26.5 Å². The highest BCUT2D eigenvalue weighted by molar-refractivity contribution is 5.85. The van der Waals surface area contributed by atoms with Crippen LogP contribution < -0.4 is 5.32 Å². The molecular formula is C17H15N7. The molecule has 0 saturated carbocycles. The molecule has 0 atom stereocenters. The van der Waals surface area contributed by atoms with Crippen molar-refractivity contribution in [3.63, 3.8) is 0 Å². The third-order valence-electron chi connectivity index (χ3n) is 4.00. The van der Waals surface area contributed by atoms with E-state index in [4.69, 9.17) is 0 Å². The van der Waals surface area contributed by atoms with Gasteiger partial charge in [0.25, 0.3) is 0 Å². The molecule has 1 N–H and O–H groups in total. The van der Waals surface area contributed by atoms with Gasteiger partial charge in [-0.25, -0.2) is 9.97 Å². The van der Waals surface area contributed by atoms with Gasteiger partial charge in [0.1, 0.15) is 24.5 Å². The number of nitriles is 1. The predicted octanol–water partition coefficient (Wildman–Crippen LogP) is 2.37. The monoisotopic (exact) mass is 317 g/mol. The first-order valence-corrected chi connectivity index (χ1v) is 7.65. The minimum absolute atomic E-state index is 0.605. The van der Waals surface area contributed by atoms with Gasteiger partial charge in [-0.05, 0) is 30.7 Å². The summed E-state index contributed by atoms with van der Waals surface area (Å²) in [4.78, 5) is 8.58. The van der Waals surface area contributed by atoms with Crippen molar-refractivity contribution < 1.29 is 0 Å². The number of fused-ring (bicyclic) bond motifs is 3. The maximum absolute atomic E-state index is 9.49. The molecule has 7 heteroatoms. The summed E-state index contributed by atoms with van der Waals surface area (Å²) in [5.74, 6) is 0.912. The van der Waals surface area contributed by atoms with E-state index in [0.29, 0.717) is 24.3 Å². The molecule has 24 heavy (non-hydrogen) atoms. The Kier molecular flexibility index (Phi) is 3.35. The fourth-order valence-corrected chi connectivity index (χ4v) is 2.87. The molecule has 4 rings (SSSR count). The summed E-state index contributed by atoms with van der Waals surface area (Å²) >= 11 is 0. The highest BCUT2D eigenvalue weighted by atomic mass is 15.3. The summed E-state index contributed by atoms with van der Waals surface area (Å²) in [6, 6.07) is 12.1. The molecule has 0 aliphatic carbocycles. The van der Waals surface area contributed by atoms with Gasteiger partial charge in [0.2, 0.25) is 0 Å². The van der Waals surface area contributed by atoms with E-state index in [1.807, 2.05) is 41.7 Å². The number of para-hydroxylation sites is 2. The Bertz CT molecular complexity index is 1050. The van der Waals surface area contributed by atoms with E-state index in [0.717, 1.165) is 22.4 Å². The number of hydrogen-bond acceptors (Lipinski definition) is 5. The van der Waals surface area contributed by atoms with Crippen LogP contribution in [-0.4, -0.2) is 30.7 Å². The van der Waals surface area contributed by atoms with Crippen LogP contribution in [0, 0.1) is 18.3 Å². The van der Waals surface area contributed by atoms with Gasteiger partial charge in [-0.1, -0.05) is 12.1 Å². The molecule has 0 spiro atoms. The van der Waals surface area contributed by atoms with Crippen molar-refractivity contribution in [3.05, 3.63) is 54.1 Å². The van der Waals surface area contributed by atoms with Gasteiger partial charge >= 0.3 is 0 Å². The third-order valence-corrected chi connectivity index (χ3v) is 4.00. The van der Waals surface area contributed by atoms with E-state index < -0.39 is 0 Å².